The van der Waals surface area contributed by atoms with E-state index in [0.29, 0.717) is 0 Å². The molecule has 0 fully saturated rings. The van der Waals surface area contributed by atoms with Crippen molar-refractivity contribution >= 4 is 23.8 Å². The Kier molecular flexibility index (Phi) is 2.58. The molecule has 1 aromatic rings. The summed E-state index contributed by atoms with van der Waals surface area (Å²) in [6.07, 6.45) is 0. The van der Waals surface area contributed by atoms with Gasteiger partial charge >= 0.3 is 7.80 Å². The zero-order chi connectivity index (χ0) is 7.56. The Labute approximate surface area is 65.9 Å². The highest BCUT2D eigenvalue weighted by atomic mass is 32.1. The lowest BCUT2D eigenvalue weighted by molar-refractivity contribution is 0.588. The van der Waals surface area contributed by atoms with Crippen LogP contribution >= 0.6 is 19.1 Å². The van der Waals surface area contributed by atoms with Gasteiger partial charge in [-0.1, -0.05) is 15.9 Å². The van der Waals surface area contributed by atoms with Crippen molar-refractivity contribution in [1.82, 2.24) is 0 Å². The van der Waals surface area contributed by atoms with E-state index >= 15 is 0 Å². The van der Waals surface area contributed by atoms with Crippen LogP contribution in [0.1, 0.15) is 13.8 Å². The summed E-state index contributed by atoms with van der Waals surface area (Å²) in [5.41, 5.74) is 0.272. The van der Waals surface area contributed by atoms with Crippen LogP contribution in [-0.4, -0.2) is 5.66 Å². The maximum Gasteiger partial charge on any atom is 0.390 e. The maximum absolute atomic E-state index is 11.4. The van der Waals surface area contributed by atoms with Crippen LogP contribution in [0.25, 0.3) is 0 Å². The van der Waals surface area contributed by atoms with Crippen LogP contribution in [-0.2, 0) is 4.57 Å². The van der Waals surface area contributed by atoms with Crippen molar-refractivity contribution in [2.75, 3.05) is 0 Å². The molecule has 10 heavy (non-hydrogen) atoms. The third-order valence-electron chi connectivity index (χ3n) is 1.19. The minimum atomic E-state index is -1.13. The van der Waals surface area contributed by atoms with Crippen molar-refractivity contribution in [1.29, 1.82) is 0 Å². The van der Waals surface area contributed by atoms with Gasteiger partial charge in [0.25, 0.3) is 0 Å². The summed E-state index contributed by atoms with van der Waals surface area (Å²) in [5.74, 6) is 0. The van der Waals surface area contributed by atoms with Crippen LogP contribution in [0.5, 0.6) is 0 Å². The minimum absolute atomic E-state index is 0.272. The summed E-state index contributed by atoms with van der Waals surface area (Å²) in [6, 6.07) is 3.87. The molecule has 0 aliphatic carbocycles. The van der Waals surface area contributed by atoms with Crippen LogP contribution in [0, 0.1) is 0 Å². The molecule has 0 aromatic carbocycles. The van der Waals surface area contributed by atoms with E-state index in [9.17, 15) is 4.57 Å². The van der Waals surface area contributed by atoms with Crippen molar-refractivity contribution in [2.45, 2.75) is 19.5 Å². The van der Waals surface area contributed by atoms with Gasteiger partial charge in [-0.3, -0.25) is 0 Å². The van der Waals surface area contributed by atoms with Gasteiger partial charge in [-0.15, -0.1) is 0 Å². The maximum atomic E-state index is 11.4. The van der Waals surface area contributed by atoms with Crippen LogP contribution in [0.2, 0.25) is 0 Å². The lowest BCUT2D eigenvalue weighted by Gasteiger charge is -1.84. The molecule has 0 spiro atoms. The molecule has 0 saturated carbocycles. The molecule has 1 atom stereocenters. The SMILES string of the molecule is CC(C)[P+](=O)c1cccs1. The van der Waals surface area contributed by atoms with E-state index in [1.807, 2.05) is 31.4 Å². The summed E-state index contributed by atoms with van der Waals surface area (Å²) >= 11 is 1.58. The van der Waals surface area contributed by atoms with Crippen molar-refractivity contribution in [3.05, 3.63) is 17.5 Å². The van der Waals surface area contributed by atoms with E-state index in [0.717, 1.165) is 4.62 Å². The average Bonchev–Trinajstić information content (AvgIpc) is 2.36. The fourth-order valence-electron chi connectivity index (χ4n) is 0.650. The predicted octanol–water partition coefficient (Wildman–Crippen LogP) is 2.61. The van der Waals surface area contributed by atoms with E-state index in [-0.39, 0.29) is 5.66 Å². The second kappa shape index (κ2) is 3.27. The van der Waals surface area contributed by atoms with Crippen molar-refractivity contribution in [3.8, 4) is 0 Å². The van der Waals surface area contributed by atoms with E-state index in [4.69, 9.17) is 0 Å². The second-order valence-corrected chi connectivity index (χ2v) is 5.79. The normalized spacial score (nSPS) is 12.1. The van der Waals surface area contributed by atoms with Crippen LogP contribution in [0.15, 0.2) is 17.5 Å². The molecule has 54 valence electrons. The van der Waals surface area contributed by atoms with Gasteiger partial charge in [-0.2, -0.15) is 0 Å². The largest absolute Gasteiger partial charge is 0.390 e. The fraction of sp³-hybridized carbons (Fsp3) is 0.429. The zero-order valence-corrected chi connectivity index (χ0v) is 7.78. The lowest BCUT2D eigenvalue weighted by Crippen LogP contribution is -1.95. The third kappa shape index (κ3) is 1.65. The Morgan fingerprint density at radius 1 is 1.60 bits per heavy atom. The molecule has 0 radical (unpaired) electrons. The monoisotopic (exact) mass is 173 g/mol. The zero-order valence-electron chi connectivity index (χ0n) is 6.07. The second-order valence-electron chi connectivity index (χ2n) is 2.37. The molecule has 0 aliphatic rings. The number of hydrogen-bond acceptors (Lipinski definition) is 2. The van der Waals surface area contributed by atoms with Crippen molar-refractivity contribution in [2.24, 2.45) is 0 Å². The van der Waals surface area contributed by atoms with Gasteiger partial charge in [0, 0.05) is 6.07 Å². The highest BCUT2D eigenvalue weighted by Gasteiger charge is 2.24. The van der Waals surface area contributed by atoms with E-state index < -0.39 is 7.80 Å². The molecule has 1 aromatic heterocycles. The first-order chi connectivity index (χ1) is 4.72. The van der Waals surface area contributed by atoms with Crippen LogP contribution < -0.4 is 4.62 Å². The molecule has 1 rings (SSSR count). The number of hydrogen-bond donors (Lipinski definition) is 0. The van der Waals surface area contributed by atoms with E-state index in [2.05, 4.69) is 0 Å². The molecule has 1 unspecified atom stereocenters. The summed E-state index contributed by atoms with van der Waals surface area (Å²) < 4.78 is 12.4. The smallest absolute Gasteiger partial charge is 0.0966 e. The molecule has 0 N–H and O–H groups in total. The Hall–Kier alpha value is -0.200. The molecule has 1 nitrogen and oxygen atoms in total. The average molecular weight is 173 g/mol. The minimum Gasteiger partial charge on any atom is -0.0966 e. The topological polar surface area (TPSA) is 17.1 Å². The van der Waals surface area contributed by atoms with Gasteiger partial charge in [0.2, 0.25) is 4.62 Å². The Balaban J connectivity index is 2.78. The van der Waals surface area contributed by atoms with Gasteiger partial charge in [-0.05, 0) is 25.3 Å². The Morgan fingerprint density at radius 2 is 2.30 bits per heavy atom. The third-order valence-corrected chi connectivity index (χ3v) is 4.24. The van der Waals surface area contributed by atoms with E-state index in [1.54, 1.807) is 11.3 Å². The van der Waals surface area contributed by atoms with Gasteiger partial charge in [0.05, 0.1) is 0 Å². The number of rotatable bonds is 2. The van der Waals surface area contributed by atoms with Crippen molar-refractivity contribution < 1.29 is 4.57 Å². The molecular weight excluding hydrogens is 163 g/mol. The summed E-state index contributed by atoms with van der Waals surface area (Å²) in [4.78, 5) is 0. The highest BCUT2D eigenvalue weighted by Crippen LogP contribution is 2.28. The van der Waals surface area contributed by atoms with Crippen LogP contribution in [0.3, 0.4) is 0 Å². The van der Waals surface area contributed by atoms with Gasteiger partial charge in [-0.25, -0.2) is 0 Å². The first kappa shape index (κ1) is 7.90. The first-order valence-corrected chi connectivity index (χ1v) is 5.42. The molecule has 0 bridgehead atoms. The van der Waals surface area contributed by atoms with Crippen LogP contribution in [0.4, 0.5) is 0 Å². The predicted molar refractivity (Wildman–Crippen MR) is 46.7 cm³/mol. The van der Waals surface area contributed by atoms with Gasteiger partial charge in [0.15, 0.2) is 5.66 Å². The quantitative estimate of drug-likeness (QED) is 0.628. The Morgan fingerprint density at radius 3 is 2.70 bits per heavy atom. The summed E-state index contributed by atoms with van der Waals surface area (Å²) in [6.45, 7) is 3.97. The van der Waals surface area contributed by atoms with Crippen molar-refractivity contribution in [3.63, 3.8) is 0 Å². The summed E-state index contributed by atoms with van der Waals surface area (Å²) in [7, 11) is -1.13. The summed E-state index contributed by atoms with van der Waals surface area (Å²) in [5, 5.41) is 1.96. The molecular formula is C7H10OPS+. The number of thiophene rings is 1. The highest BCUT2D eigenvalue weighted by molar-refractivity contribution is 7.61. The van der Waals surface area contributed by atoms with Gasteiger partial charge in [0.1, 0.15) is 0 Å². The standard InChI is InChI=1S/C7H10OPS/c1-6(2)9(8)7-4-3-5-10-7/h3-6H,1-2H3/q+1. The molecule has 0 amide bonds. The molecule has 0 saturated heterocycles. The fourth-order valence-corrected chi connectivity index (χ4v) is 3.08. The molecule has 3 heteroatoms. The lowest BCUT2D eigenvalue weighted by atomic mass is 10.6. The first-order valence-electron chi connectivity index (χ1n) is 3.21. The Bertz CT molecular complexity index is 216. The van der Waals surface area contributed by atoms with Gasteiger partial charge < -0.3 is 0 Å². The molecule has 1 heterocycles. The molecule has 0 aliphatic heterocycles. The van der Waals surface area contributed by atoms with E-state index in [1.165, 1.54) is 0 Å².